The van der Waals surface area contributed by atoms with Gasteiger partial charge in [-0.15, -0.1) is 0 Å². The highest BCUT2D eigenvalue weighted by Gasteiger charge is 2.65. The minimum absolute atomic E-state index is 0.0660. The lowest BCUT2D eigenvalue weighted by molar-refractivity contribution is -0.193. The summed E-state index contributed by atoms with van der Waals surface area (Å²) in [6.07, 6.45) is 1.23. The maximum absolute atomic E-state index is 15.2. The Bertz CT molecular complexity index is 2240. The summed E-state index contributed by atoms with van der Waals surface area (Å²) in [5.74, 6) is -4.53. The Labute approximate surface area is 375 Å². The molecule has 1 aliphatic rings. The second-order valence-electron chi connectivity index (χ2n) is 15.9. The lowest BCUT2D eigenvalue weighted by atomic mass is 9.55. The van der Waals surface area contributed by atoms with Crippen molar-refractivity contribution in [2.75, 3.05) is 13.1 Å². The summed E-state index contributed by atoms with van der Waals surface area (Å²) >= 11 is 0. The molecule has 2 amide bonds. The van der Waals surface area contributed by atoms with Gasteiger partial charge in [-0.2, -0.15) is 0 Å². The van der Waals surface area contributed by atoms with E-state index in [1.165, 1.54) is 0 Å². The number of benzene rings is 6. The number of para-hydroxylation sites is 2. The van der Waals surface area contributed by atoms with Crippen molar-refractivity contribution in [1.82, 2.24) is 9.80 Å². The quantitative estimate of drug-likeness (QED) is 0.0698. The van der Waals surface area contributed by atoms with Gasteiger partial charge in [-0.25, -0.2) is 0 Å². The largest absolute Gasteiger partial charge is 0.461 e. The van der Waals surface area contributed by atoms with E-state index < -0.39 is 47.4 Å². The van der Waals surface area contributed by atoms with E-state index in [-0.39, 0.29) is 26.3 Å². The zero-order valence-corrected chi connectivity index (χ0v) is 36.3. The standard InChI is InChI=1S/C54H54N2O8/c1-3-33-55(35-39-25-29-45(30-26-39)63-43-21-13-7-14-22-43)51(57)47-48(52(58)56(34-4-2)36-40-27-31-46(32-28-40)64-44-23-15-8-16-24-44)50(54(60)62-38-42-19-11-6-12-20-42)49(47)53(59)61-37-41-17-9-5-10-18-41/h5-32,47-50H,3-4,33-38H2,1-2H3. The lowest BCUT2D eigenvalue weighted by Crippen LogP contribution is -2.64. The highest BCUT2D eigenvalue weighted by atomic mass is 16.5. The van der Waals surface area contributed by atoms with E-state index in [0.29, 0.717) is 48.9 Å². The van der Waals surface area contributed by atoms with Gasteiger partial charge >= 0.3 is 11.9 Å². The highest BCUT2D eigenvalue weighted by molar-refractivity contribution is 6.00. The van der Waals surface area contributed by atoms with E-state index in [1.807, 2.05) is 184 Å². The van der Waals surface area contributed by atoms with Crippen LogP contribution in [0.15, 0.2) is 170 Å². The van der Waals surface area contributed by atoms with Crippen molar-refractivity contribution < 1.29 is 38.1 Å². The molecule has 0 saturated heterocycles. The Kier molecular flexibility index (Phi) is 15.6. The molecule has 0 radical (unpaired) electrons. The van der Waals surface area contributed by atoms with Crippen LogP contribution < -0.4 is 9.47 Å². The normalized spacial score (nSPS) is 16.4. The van der Waals surface area contributed by atoms with Gasteiger partial charge < -0.3 is 28.7 Å². The summed E-state index contributed by atoms with van der Waals surface area (Å²) in [6.45, 7) is 4.92. The van der Waals surface area contributed by atoms with Crippen LogP contribution in [-0.2, 0) is 55.0 Å². The molecule has 0 bridgehead atoms. The number of amides is 2. The average Bonchev–Trinajstić information content (AvgIpc) is 3.32. The molecule has 10 heteroatoms. The molecule has 328 valence electrons. The third kappa shape index (κ3) is 11.6. The smallest absolute Gasteiger partial charge is 0.311 e. The third-order valence-electron chi connectivity index (χ3n) is 11.3. The highest BCUT2D eigenvalue weighted by Crippen LogP contribution is 2.50. The van der Waals surface area contributed by atoms with Crippen molar-refractivity contribution in [1.29, 1.82) is 0 Å². The van der Waals surface area contributed by atoms with Gasteiger partial charge in [-0.3, -0.25) is 19.2 Å². The topological polar surface area (TPSA) is 112 Å². The van der Waals surface area contributed by atoms with Gasteiger partial charge in [0.25, 0.3) is 0 Å². The number of rotatable bonds is 20. The summed E-state index contributed by atoms with van der Waals surface area (Å²) in [5, 5.41) is 0. The molecule has 0 spiro atoms. The molecule has 1 aliphatic carbocycles. The molecule has 10 nitrogen and oxygen atoms in total. The van der Waals surface area contributed by atoms with E-state index in [2.05, 4.69) is 0 Å². The van der Waals surface area contributed by atoms with Crippen molar-refractivity contribution >= 4 is 23.8 Å². The number of hydrogen-bond acceptors (Lipinski definition) is 8. The van der Waals surface area contributed by atoms with E-state index in [4.69, 9.17) is 18.9 Å². The second kappa shape index (κ2) is 22.2. The van der Waals surface area contributed by atoms with Crippen molar-refractivity contribution in [2.24, 2.45) is 23.7 Å². The fraction of sp³-hybridized carbons (Fsp3) is 0.259. The molecule has 7 rings (SSSR count). The number of nitrogens with zero attached hydrogens (tertiary/aromatic N) is 2. The van der Waals surface area contributed by atoms with Crippen LogP contribution in [0.3, 0.4) is 0 Å². The monoisotopic (exact) mass is 858 g/mol. The van der Waals surface area contributed by atoms with Crippen molar-refractivity contribution in [3.8, 4) is 23.0 Å². The number of carbonyl (C=O) groups excluding carboxylic acids is 4. The predicted octanol–water partition coefficient (Wildman–Crippen LogP) is 10.4. The first-order valence-electron chi connectivity index (χ1n) is 21.9. The van der Waals surface area contributed by atoms with Crippen LogP contribution in [0.25, 0.3) is 0 Å². The van der Waals surface area contributed by atoms with Gasteiger partial charge in [0, 0.05) is 26.2 Å². The zero-order valence-electron chi connectivity index (χ0n) is 36.3. The number of carbonyl (C=O) groups is 4. The summed E-state index contributed by atoms with van der Waals surface area (Å²) in [6, 6.07) is 52.3. The molecule has 1 fully saturated rings. The molecule has 0 aromatic heterocycles. The SMILES string of the molecule is CCCN(Cc1ccc(Oc2ccccc2)cc1)C(=O)C1C(C(=O)OCc2ccccc2)C(C(=O)OCc2ccccc2)C1C(=O)N(CCC)Cc1ccc(Oc2ccccc2)cc1. The van der Waals surface area contributed by atoms with E-state index in [1.54, 1.807) is 9.80 Å². The number of ether oxygens (including phenoxy) is 4. The average molecular weight is 859 g/mol. The van der Waals surface area contributed by atoms with Crippen molar-refractivity contribution in [3.63, 3.8) is 0 Å². The van der Waals surface area contributed by atoms with Crippen molar-refractivity contribution in [3.05, 3.63) is 192 Å². The first kappa shape index (κ1) is 44.8. The van der Waals surface area contributed by atoms with Crippen LogP contribution in [0.4, 0.5) is 0 Å². The molecule has 4 atom stereocenters. The first-order chi connectivity index (χ1) is 31.3. The third-order valence-corrected chi connectivity index (χ3v) is 11.3. The van der Waals surface area contributed by atoms with Crippen molar-refractivity contribution in [2.45, 2.75) is 53.0 Å². The first-order valence-corrected chi connectivity index (χ1v) is 21.9. The molecule has 4 unspecified atom stereocenters. The Balaban J connectivity index is 1.19. The van der Waals surface area contributed by atoms with Gasteiger partial charge in [0.15, 0.2) is 0 Å². The summed E-state index contributed by atoms with van der Waals surface area (Å²) in [4.78, 5) is 62.5. The number of esters is 2. The maximum Gasteiger partial charge on any atom is 0.311 e. The summed E-state index contributed by atoms with van der Waals surface area (Å²) < 4.78 is 23.8. The molecule has 6 aromatic carbocycles. The second-order valence-corrected chi connectivity index (χ2v) is 15.9. The predicted molar refractivity (Wildman–Crippen MR) is 244 cm³/mol. The van der Waals surface area contributed by atoms with Gasteiger partial charge in [0.2, 0.25) is 11.8 Å². The maximum atomic E-state index is 15.2. The minimum Gasteiger partial charge on any atom is -0.461 e. The molecule has 0 N–H and O–H groups in total. The van der Waals surface area contributed by atoms with Gasteiger partial charge in [-0.05, 0) is 83.6 Å². The van der Waals surface area contributed by atoms with E-state index >= 15 is 9.59 Å². The van der Waals surface area contributed by atoms with Crippen LogP contribution in [0.5, 0.6) is 23.0 Å². The van der Waals surface area contributed by atoms with Crippen LogP contribution in [0.2, 0.25) is 0 Å². The van der Waals surface area contributed by atoms with Crippen LogP contribution in [-0.4, -0.2) is 46.6 Å². The Morgan fingerprint density at radius 2 is 0.703 bits per heavy atom. The summed E-state index contributed by atoms with van der Waals surface area (Å²) in [7, 11) is 0. The van der Waals surface area contributed by atoms with Gasteiger partial charge in [0.1, 0.15) is 36.2 Å². The Morgan fingerprint density at radius 3 is 1.03 bits per heavy atom. The van der Waals surface area contributed by atoms with Crippen LogP contribution >= 0.6 is 0 Å². The molecule has 6 aromatic rings. The molecule has 64 heavy (non-hydrogen) atoms. The zero-order chi connectivity index (χ0) is 44.7. The fourth-order valence-electron chi connectivity index (χ4n) is 8.11. The van der Waals surface area contributed by atoms with Crippen LogP contribution in [0.1, 0.15) is 48.9 Å². The van der Waals surface area contributed by atoms with Crippen LogP contribution in [0, 0.1) is 23.7 Å². The Morgan fingerprint density at radius 1 is 0.391 bits per heavy atom. The van der Waals surface area contributed by atoms with E-state index in [0.717, 1.165) is 22.3 Å². The molecule has 1 saturated carbocycles. The van der Waals surface area contributed by atoms with Gasteiger partial charge in [0.05, 0.1) is 23.7 Å². The molecule has 0 heterocycles. The molecule has 0 aliphatic heterocycles. The fourth-order valence-corrected chi connectivity index (χ4v) is 8.11. The molecular weight excluding hydrogens is 805 g/mol. The molecular formula is C54H54N2O8. The number of hydrogen-bond donors (Lipinski definition) is 0. The van der Waals surface area contributed by atoms with E-state index in [9.17, 15) is 9.59 Å². The summed E-state index contributed by atoms with van der Waals surface area (Å²) in [5.41, 5.74) is 3.16. The Hall–Kier alpha value is -7.20. The lowest BCUT2D eigenvalue weighted by Gasteiger charge is -2.49. The minimum atomic E-state index is -1.27. The van der Waals surface area contributed by atoms with Gasteiger partial charge in [-0.1, -0.05) is 135 Å².